The average molecular weight is 318 g/mol. The third-order valence-corrected chi connectivity index (χ3v) is 3.78. The van der Waals surface area contributed by atoms with Crippen LogP contribution in [0, 0.1) is 0 Å². The van der Waals surface area contributed by atoms with E-state index in [2.05, 4.69) is 4.52 Å². The van der Waals surface area contributed by atoms with Gasteiger partial charge in [-0.2, -0.15) is 21.6 Å². The Morgan fingerprint density at radius 3 is 1.78 bits per heavy atom. The number of aliphatic hydroxyl groups excluding tert-OH is 1. The van der Waals surface area contributed by atoms with Crippen molar-refractivity contribution in [1.82, 2.24) is 0 Å². The number of hydrogen-bond donors (Lipinski definition) is 2. The van der Waals surface area contributed by atoms with Crippen LogP contribution in [0.15, 0.2) is 0 Å². The molecule has 1 unspecified atom stereocenters. The normalized spacial score (nSPS) is 15.5. The van der Waals surface area contributed by atoms with Crippen molar-refractivity contribution in [3.8, 4) is 0 Å². The van der Waals surface area contributed by atoms with Gasteiger partial charge in [0.1, 0.15) is 0 Å². The van der Waals surface area contributed by atoms with Gasteiger partial charge >= 0.3 is 23.2 Å². The van der Waals surface area contributed by atoms with E-state index in [4.69, 9.17) is 22.6 Å². The molecule has 0 saturated carbocycles. The predicted octanol–water partition coefficient (Wildman–Crippen LogP) is 1.60. The molecule has 0 spiro atoms. The summed E-state index contributed by atoms with van der Waals surface area (Å²) in [6.45, 7) is 3.20. The van der Waals surface area contributed by atoms with E-state index in [1.165, 1.54) is 0 Å². The lowest BCUT2D eigenvalue weighted by molar-refractivity contribution is -0.0510. The van der Waals surface area contributed by atoms with Gasteiger partial charge in [0.05, 0.1) is 6.61 Å². The summed E-state index contributed by atoms with van der Waals surface area (Å²) in [5.41, 5.74) is -5.53. The second-order valence-electron chi connectivity index (χ2n) is 2.52. The van der Waals surface area contributed by atoms with Crippen molar-refractivity contribution in [2.45, 2.75) is 19.4 Å². The average Bonchev–Trinajstić information content (AvgIpc) is 2.16. The highest BCUT2D eigenvalue weighted by Gasteiger charge is 2.44. The summed E-state index contributed by atoms with van der Waals surface area (Å²) in [5.74, 6) is 0. The van der Waals surface area contributed by atoms with Crippen molar-refractivity contribution < 1.29 is 44.9 Å². The van der Waals surface area contributed by atoms with E-state index in [0.29, 0.717) is 12.8 Å². The molecule has 7 nitrogen and oxygen atoms in total. The lowest BCUT2D eigenvalue weighted by atomic mass is 10.9. The van der Waals surface area contributed by atoms with Crippen LogP contribution in [0.3, 0.4) is 0 Å². The zero-order chi connectivity index (χ0) is 15.0. The molecule has 0 saturated heterocycles. The second kappa shape index (κ2) is 8.08. The quantitative estimate of drug-likeness (QED) is 0.343. The fraction of sp³-hybridized carbons (Fsp3) is 1.00. The Bertz CT molecular complexity index is 356. The highest BCUT2D eigenvalue weighted by molar-refractivity contribution is 7.86. The molecule has 1 atom stereocenters. The van der Waals surface area contributed by atoms with Gasteiger partial charge in [0.25, 0.3) is 0 Å². The van der Waals surface area contributed by atoms with Crippen molar-refractivity contribution in [1.29, 1.82) is 0 Å². The number of halogens is 3. The maximum Gasteiger partial charge on any atom is 0.522 e. The summed E-state index contributed by atoms with van der Waals surface area (Å²) >= 11 is 0. The van der Waals surface area contributed by atoms with Gasteiger partial charge in [0, 0.05) is 6.16 Å². The van der Waals surface area contributed by atoms with Crippen LogP contribution in [0.5, 0.6) is 0 Å². The largest absolute Gasteiger partial charge is 0.522 e. The molecule has 0 aliphatic carbocycles. The van der Waals surface area contributed by atoms with Crippen LogP contribution in [-0.2, 0) is 23.7 Å². The number of hydrogen-bond acceptors (Lipinski definition) is 6. The van der Waals surface area contributed by atoms with Crippen LogP contribution >= 0.6 is 7.60 Å². The smallest absolute Gasteiger partial charge is 0.370 e. The summed E-state index contributed by atoms with van der Waals surface area (Å²) in [6.07, 6.45) is 0.293. The molecule has 0 rings (SSSR count). The standard InChI is InChI=1S/C5H13O4P.CHF3O3S/c1-3-8-10(7,4-2)9-5-6;2-1(3,4)8(5,6)7/h6H,3-5H2,1-2H3;(H,5,6,7). The third kappa shape index (κ3) is 8.84. The first-order valence-corrected chi connectivity index (χ1v) is 7.63. The Labute approximate surface area is 102 Å². The van der Waals surface area contributed by atoms with Gasteiger partial charge in [-0.15, -0.1) is 0 Å². The van der Waals surface area contributed by atoms with Crippen LogP contribution in [0.1, 0.15) is 13.8 Å². The van der Waals surface area contributed by atoms with Crippen molar-refractivity contribution in [2.75, 3.05) is 19.6 Å². The van der Waals surface area contributed by atoms with Gasteiger partial charge < -0.3 is 9.63 Å². The molecule has 0 radical (unpaired) electrons. The summed E-state index contributed by atoms with van der Waals surface area (Å²) in [6, 6.07) is 0. The summed E-state index contributed by atoms with van der Waals surface area (Å²) < 4.78 is 78.0. The number of aliphatic hydroxyl groups is 1. The van der Waals surface area contributed by atoms with Crippen molar-refractivity contribution in [3.05, 3.63) is 0 Å². The molecule has 0 bridgehead atoms. The SMILES string of the molecule is CCOP(=O)(CC)OCO.O=S(=O)(O)C(F)(F)F. The Morgan fingerprint density at radius 2 is 1.61 bits per heavy atom. The molecule has 0 heterocycles. The van der Waals surface area contributed by atoms with E-state index < -0.39 is 30.0 Å². The number of rotatable bonds is 5. The highest BCUT2D eigenvalue weighted by Crippen LogP contribution is 2.46. The van der Waals surface area contributed by atoms with Gasteiger partial charge in [0.15, 0.2) is 6.79 Å². The van der Waals surface area contributed by atoms with Gasteiger partial charge in [-0.1, -0.05) is 6.92 Å². The molecule has 2 N–H and O–H groups in total. The Kier molecular flexibility index (Phi) is 9.03. The molecule has 0 aliphatic heterocycles. The number of alkyl halides is 3. The van der Waals surface area contributed by atoms with Crippen molar-refractivity contribution in [2.24, 2.45) is 0 Å². The first-order valence-electron chi connectivity index (χ1n) is 4.46. The minimum atomic E-state index is -5.84. The van der Waals surface area contributed by atoms with E-state index in [1.807, 2.05) is 0 Å². The topological polar surface area (TPSA) is 110 Å². The maximum absolute atomic E-state index is 11.2. The summed E-state index contributed by atoms with van der Waals surface area (Å²) in [5, 5.41) is 8.29. The zero-order valence-electron chi connectivity index (χ0n) is 9.55. The molecule has 0 aliphatic rings. The lowest BCUT2D eigenvalue weighted by Gasteiger charge is -2.13. The van der Waals surface area contributed by atoms with Gasteiger partial charge in [-0.25, -0.2) is 0 Å². The first kappa shape index (κ1) is 20.1. The first-order chi connectivity index (χ1) is 7.93. The summed E-state index contributed by atoms with van der Waals surface area (Å²) in [4.78, 5) is 0. The van der Waals surface area contributed by atoms with E-state index in [-0.39, 0.29) is 0 Å². The maximum atomic E-state index is 11.2. The van der Waals surface area contributed by atoms with E-state index >= 15 is 0 Å². The van der Waals surface area contributed by atoms with Crippen LogP contribution in [-0.4, -0.2) is 43.1 Å². The van der Waals surface area contributed by atoms with Gasteiger partial charge in [0.2, 0.25) is 0 Å². The van der Waals surface area contributed by atoms with Crippen LogP contribution in [0.4, 0.5) is 13.2 Å². The van der Waals surface area contributed by atoms with E-state index in [9.17, 15) is 17.7 Å². The summed E-state index contributed by atoms with van der Waals surface area (Å²) in [7, 11) is -8.79. The second-order valence-corrected chi connectivity index (χ2v) is 6.31. The predicted molar refractivity (Wildman–Crippen MR) is 55.5 cm³/mol. The Balaban J connectivity index is 0. The monoisotopic (exact) mass is 318 g/mol. The molecule has 0 aromatic carbocycles. The van der Waals surface area contributed by atoms with Crippen LogP contribution in [0.25, 0.3) is 0 Å². The molecule has 112 valence electrons. The van der Waals surface area contributed by atoms with Crippen LogP contribution < -0.4 is 0 Å². The molecule has 12 heteroatoms. The Hall–Kier alpha value is -0.190. The zero-order valence-corrected chi connectivity index (χ0v) is 11.3. The highest BCUT2D eigenvalue weighted by atomic mass is 32.2. The van der Waals surface area contributed by atoms with Gasteiger partial charge in [-0.05, 0) is 6.92 Å². The minimum absolute atomic E-state index is 0.293. The Morgan fingerprint density at radius 1 is 1.22 bits per heavy atom. The van der Waals surface area contributed by atoms with Crippen molar-refractivity contribution >= 4 is 17.7 Å². The minimum Gasteiger partial charge on any atom is -0.370 e. The lowest BCUT2D eigenvalue weighted by Crippen LogP contribution is -2.21. The molecular weight excluding hydrogens is 304 g/mol. The van der Waals surface area contributed by atoms with Crippen molar-refractivity contribution in [3.63, 3.8) is 0 Å². The fourth-order valence-electron chi connectivity index (χ4n) is 0.505. The molecule has 18 heavy (non-hydrogen) atoms. The molecule has 0 amide bonds. The van der Waals surface area contributed by atoms with Gasteiger partial charge in [-0.3, -0.25) is 13.6 Å². The van der Waals surface area contributed by atoms with E-state index in [0.717, 1.165) is 0 Å². The molecule has 0 aromatic heterocycles. The van der Waals surface area contributed by atoms with Crippen LogP contribution in [0.2, 0.25) is 0 Å². The molecular formula is C6H14F3O7PS. The molecule has 0 fully saturated rings. The third-order valence-electron chi connectivity index (χ3n) is 1.26. The van der Waals surface area contributed by atoms with E-state index in [1.54, 1.807) is 13.8 Å². The molecule has 0 aromatic rings. The fourth-order valence-corrected chi connectivity index (χ4v) is 1.51.